The van der Waals surface area contributed by atoms with E-state index in [0.29, 0.717) is 0 Å². The molecule has 2 nitrogen and oxygen atoms in total. The van der Waals surface area contributed by atoms with Crippen LogP contribution in [0.1, 0.15) is 17.0 Å². The van der Waals surface area contributed by atoms with E-state index in [-0.39, 0.29) is 0 Å². The van der Waals surface area contributed by atoms with Gasteiger partial charge in [0.1, 0.15) is 0 Å². The third-order valence-electron chi connectivity index (χ3n) is 3.48. The summed E-state index contributed by atoms with van der Waals surface area (Å²) in [5, 5.41) is 9.29. The Morgan fingerprint density at radius 3 is 1.79 bits per heavy atom. The summed E-state index contributed by atoms with van der Waals surface area (Å²) >= 11 is 12.2. The highest BCUT2D eigenvalue weighted by Crippen LogP contribution is 2.53. The maximum absolute atomic E-state index is 11.4. The van der Waals surface area contributed by atoms with Gasteiger partial charge in [-0.2, -0.15) is 0 Å². The predicted octanol–water partition coefficient (Wildman–Crippen LogP) is 4.06. The SMILES string of the molecule is O=C(O)C(Cl)(Cl)C1c2ccccc2-c2ccccc21. The molecule has 2 aromatic rings. The van der Waals surface area contributed by atoms with E-state index in [1.165, 1.54) is 0 Å². The van der Waals surface area contributed by atoms with E-state index in [1.807, 2.05) is 48.5 Å². The van der Waals surface area contributed by atoms with Crippen LogP contribution in [-0.4, -0.2) is 15.4 Å². The number of benzene rings is 2. The summed E-state index contributed by atoms with van der Waals surface area (Å²) in [5.41, 5.74) is 3.71. The van der Waals surface area contributed by atoms with Gasteiger partial charge in [0.15, 0.2) is 0 Å². The van der Waals surface area contributed by atoms with Crippen molar-refractivity contribution < 1.29 is 9.90 Å². The standard InChI is InChI=1S/C15H10Cl2O2/c16-15(17,14(18)19)13-11-7-3-1-5-9(11)10-6-2-4-8-12(10)13/h1-8,13H,(H,18,19). The molecule has 0 radical (unpaired) electrons. The Morgan fingerprint density at radius 2 is 1.37 bits per heavy atom. The van der Waals surface area contributed by atoms with E-state index < -0.39 is 16.2 Å². The van der Waals surface area contributed by atoms with Gasteiger partial charge in [0.2, 0.25) is 4.33 Å². The first-order valence-electron chi connectivity index (χ1n) is 5.83. The van der Waals surface area contributed by atoms with E-state index in [9.17, 15) is 9.90 Å². The Hall–Kier alpha value is -1.51. The Kier molecular flexibility index (Phi) is 2.80. The normalized spacial score (nSPS) is 14.0. The van der Waals surface area contributed by atoms with Gasteiger partial charge in [0.25, 0.3) is 0 Å². The fourth-order valence-corrected chi connectivity index (χ4v) is 3.14. The summed E-state index contributed by atoms with van der Waals surface area (Å²) in [5.74, 6) is -1.78. The summed E-state index contributed by atoms with van der Waals surface area (Å²) in [6, 6.07) is 15.2. The molecule has 0 amide bonds. The minimum Gasteiger partial charge on any atom is -0.479 e. The Morgan fingerprint density at radius 1 is 0.947 bits per heavy atom. The molecule has 1 N–H and O–H groups in total. The van der Waals surface area contributed by atoms with Crippen LogP contribution in [-0.2, 0) is 4.79 Å². The topological polar surface area (TPSA) is 37.3 Å². The van der Waals surface area contributed by atoms with Crippen molar-refractivity contribution in [1.82, 2.24) is 0 Å². The lowest BCUT2D eigenvalue weighted by atomic mass is 9.93. The summed E-state index contributed by atoms with van der Waals surface area (Å²) in [6.07, 6.45) is 0. The molecule has 0 spiro atoms. The molecule has 0 saturated carbocycles. The summed E-state index contributed by atoms with van der Waals surface area (Å²) in [7, 11) is 0. The first kappa shape index (κ1) is 12.5. The number of carboxylic acid groups (broad SMARTS) is 1. The second-order valence-corrected chi connectivity index (χ2v) is 5.92. The van der Waals surface area contributed by atoms with Gasteiger partial charge in [0, 0.05) is 0 Å². The number of carbonyl (C=O) groups is 1. The summed E-state index contributed by atoms with van der Waals surface area (Å²) < 4.78 is -1.87. The van der Waals surface area contributed by atoms with Crippen LogP contribution in [0.5, 0.6) is 0 Å². The Balaban J connectivity index is 2.29. The fourth-order valence-electron chi connectivity index (χ4n) is 2.67. The third-order valence-corrected chi connectivity index (χ3v) is 4.24. The van der Waals surface area contributed by atoms with Crippen LogP contribution in [0, 0.1) is 0 Å². The lowest BCUT2D eigenvalue weighted by Gasteiger charge is -2.24. The first-order chi connectivity index (χ1) is 9.03. The van der Waals surface area contributed by atoms with Gasteiger partial charge < -0.3 is 5.11 Å². The molecule has 4 heteroatoms. The molecule has 2 aromatic carbocycles. The molecule has 3 rings (SSSR count). The Bertz CT molecular complexity index is 619. The molecular weight excluding hydrogens is 283 g/mol. The smallest absolute Gasteiger partial charge is 0.341 e. The Labute approximate surface area is 120 Å². The average Bonchev–Trinajstić information content (AvgIpc) is 2.73. The number of rotatable bonds is 2. The molecule has 0 fully saturated rings. The van der Waals surface area contributed by atoms with Crippen molar-refractivity contribution in [3.63, 3.8) is 0 Å². The second kappa shape index (κ2) is 4.26. The van der Waals surface area contributed by atoms with Crippen molar-refractivity contribution in [2.24, 2.45) is 0 Å². The highest BCUT2D eigenvalue weighted by molar-refractivity contribution is 6.58. The van der Waals surface area contributed by atoms with Crippen LogP contribution in [0.4, 0.5) is 0 Å². The van der Waals surface area contributed by atoms with E-state index in [4.69, 9.17) is 23.2 Å². The highest BCUT2D eigenvalue weighted by Gasteiger charge is 2.48. The van der Waals surface area contributed by atoms with Crippen molar-refractivity contribution in [3.8, 4) is 11.1 Å². The zero-order chi connectivity index (χ0) is 13.6. The molecule has 0 aliphatic heterocycles. The number of carboxylic acids is 1. The van der Waals surface area contributed by atoms with Gasteiger partial charge in [-0.25, -0.2) is 4.79 Å². The van der Waals surface area contributed by atoms with Gasteiger partial charge in [-0.3, -0.25) is 0 Å². The predicted molar refractivity (Wildman–Crippen MR) is 75.8 cm³/mol. The molecular formula is C15H10Cl2O2. The van der Waals surface area contributed by atoms with Crippen molar-refractivity contribution in [3.05, 3.63) is 59.7 Å². The maximum atomic E-state index is 11.4. The molecule has 1 aliphatic carbocycles. The first-order valence-corrected chi connectivity index (χ1v) is 6.58. The lowest BCUT2D eigenvalue weighted by molar-refractivity contribution is -0.138. The van der Waals surface area contributed by atoms with E-state index in [0.717, 1.165) is 22.3 Å². The molecule has 19 heavy (non-hydrogen) atoms. The van der Waals surface area contributed by atoms with E-state index in [1.54, 1.807) is 0 Å². The lowest BCUT2D eigenvalue weighted by Crippen LogP contribution is -2.33. The number of aliphatic carboxylic acids is 1. The van der Waals surface area contributed by atoms with Crippen LogP contribution < -0.4 is 0 Å². The molecule has 0 unspecified atom stereocenters. The van der Waals surface area contributed by atoms with Crippen molar-refractivity contribution >= 4 is 29.2 Å². The van der Waals surface area contributed by atoms with Gasteiger partial charge in [0.05, 0.1) is 5.92 Å². The minimum atomic E-state index is -1.87. The minimum absolute atomic E-state index is 0.555. The molecule has 0 aromatic heterocycles. The van der Waals surface area contributed by atoms with Gasteiger partial charge in [-0.15, -0.1) is 0 Å². The van der Waals surface area contributed by atoms with Crippen LogP contribution in [0.25, 0.3) is 11.1 Å². The fraction of sp³-hybridized carbons (Fsp3) is 0.133. The second-order valence-electron chi connectivity index (χ2n) is 4.54. The van der Waals surface area contributed by atoms with Crippen molar-refractivity contribution in [2.75, 3.05) is 0 Å². The molecule has 96 valence electrons. The summed E-state index contributed by atoms with van der Waals surface area (Å²) in [6.45, 7) is 0. The summed E-state index contributed by atoms with van der Waals surface area (Å²) in [4.78, 5) is 11.4. The molecule has 0 heterocycles. The average molecular weight is 293 g/mol. The van der Waals surface area contributed by atoms with Crippen LogP contribution in [0.2, 0.25) is 0 Å². The molecule has 1 aliphatic rings. The number of alkyl halides is 2. The van der Waals surface area contributed by atoms with Crippen molar-refractivity contribution in [2.45, 2.75) is 10.3 Å². The maximum Gasteiger partial charge on any atom is 0.341 e. The molecule has 0 saturated heterocycles. The number of hydrogen-bond acceptors (Lipinski definition) is 1. The third kappa shape index (κ3) is 1.75. The zero-order valence-electron chi connectivity index (χ0n) is 9.81. The largest absolute Gasteiger partial charge is 0.479 e. The number of hydrogen-bond donors (Lipinski definition) is 1. The number of halogens is 2. The zero-order valence-corrected chi connectivity index (χ0v) is 11.3. The van der Waals surface area contributed by atoms with Gasteiger partial charge in [-0.1, -0.05) is 71.7 Å². The quantitative estimate of drug-likeness (QED) is 0.848. The molecule has 0 atom stereocenters. The molecule has 0 bridgehead atoms. The van der Waals surface area contributed by atoms with Gasteiger partial charge in [-0.05, 0) is 22.3 Å². The number of fused-ring (bicyclic) bond motifs is 3. The van der Waals surface area contributed by atoms with Crippen LogP contribution >= 0.6 is 23.2 Å². The van der Waals surface area contributed by atoms with Crippen LogP contribution in [0.15, 0.2) is 48.5 Å². The van der Waals surface area contributed by atoms with Gasteiger partial charge >= 0.3 is 5.97 Å². The van der Waals surface area contributed by atoms with E-state index in [2.05, 4.69) is 0 Å². The highest BCUT2D eigenvalue weighted by atomic mass is 35.5. The van der Waals surface area contributed by atoms with Crippen LogP contribution in [0.3, 0.4) is 0 Å². The van der Waals surface area contributed by atoms with E-state index >= 15 is 0 Å². The monoisotopic (exact) mass is 292 g/mol. The van der Waals surface area contributed by atoms with Crippen molar-refractivity contribution in [1.29, 1.82) is 0 Å².